The molecule has 1 aliphatic heterocycles. The van der Waals surface area contributed by atoms with Crippen LogP contribution in [0.1, 0.15) is 17.0 Å². The summed E-state index contributed by atoms with van der Waals surface area (Å²) in [5.74, 6) is -0.345. The van der Waals surface area contributed by atoms with Crippen molar-refractivity contribution in [3.8, 4) is 0 Å². The minimum absolute atomic E-state index is 0.0354. The summed E-state index contributed by atoms with van der Waals surface area (Å²) in [4.78, 5) is 13.0. The zero-order valence-corrected chi connectivity index (χ0v) is 15.8. The van der Waals surface area contributed by atoms with Crippen LogP contribution in [0.2, 0.25) is 0 Å². The van der Waals surface area contributed by atoms with Gasteiger partial charge in [-0.05, 0) is 37.2 Å². The van der Waals surface area contributed by atoms with Gasteiger partial charge < -0.3 is 10.6 Å². The number of amides is 1. The van der Waals surface area contributed by atoms with E-state index in [0.717, 1.165) is 5.56 Å². The van der Waals surface area contributed by atoms with Gasteiger partial charge in [-0.25, -0.2) is 13.1 Å². The Bertz CT molecular complexity index is 922. The Balaban J connectivity index is 1.83. The van der Waals surface area contributed by atoms with Gasteiger partial charge in [-0.3, -0.25) is 9.48 Å². The third kappa shape index (κ3) is 3.50. The lowest BCUT2D eigenvalue weighted by atomic mass is 9.90. The Kier molecular flexibility index (Phi) is 5.12. The Labute approximate surface area is 153 Å². The highest BCUT2D eigenvalue weighted by atomic mass is 32.2. The molecule has 3 rings (SSSR count). The van der Waals surface area contributed by atoms with Gasteiger partial charge in [0.1, 0.15) is 0 Å². The molecule has 2 atom stereocenters. The standard InChI is InChI=1S/C17H23N5O3S/c1-11-15(5-4-6-16(11)26(24,25)18-2)21-17(23)14-9-19-8-13(14)12-7-20-22(3)10-12/h4-7,10,13-14,18-19H,8-9H2,1-3H3,(H,21,23)/t13-,14+/m1/s1. The molecule has 0 saturated carbocycles. The predicted octanol–water partition coefficient (Wildman–Crippen LogP) is 0.578. The van der Waals surface area contributed by atoms with E-state index in [9.17, 15) is 13.2 Å². The van der Waals surface area contributed by atoms with E-state index in [1.54, 1.807) is 29.9 Å². The number of benzene rings is 1. The first kappa shape index (κ1) is 18.6. The summed E-state index contributed by atoms with van der Waals surface area (Å²) in [5, 5.41) is 10.3. The Hall–Kier alpha value is -2.23. The summed E-state index contributed by atoms with van der Waals surface area (Å²) >= 11 is 0. The van der Waals surface area contributed by atoms with E-state index in [-0.39, 0.29) is 22.6 Å². The summed E-state index contributed by atoms with van der Waals surface area (Å²) < 4.78 is 28.3. The zero-order valence-electron chi connectivity index (χ0n) is 15.0. The highest BCUT2D eigenvalue weighted by molar-refractivity contribution is 7.89. The lowest BCUT2D eigenvalue weighted by molar-refractivity contribution is -0.119. The normalized spacial score (nSPS) is 20.3. The van der Waals surface area contributed by atoms with Crippen LogP contribution in [-0.4, -0.2) is 44.2 Å². The van der Waals surface area contributed by atoms with Gasteiger partial charge in [-0.15, -0.1) is 0 Å². The van der Waals surface area contributed by atoms with Crippen molar-refractivity contribution in [3.05, 3.63) is 41.7 Å². The van der Waals surface area contributed by atoms with E-state index in [2.05, 4.69) is 20.5 Å². The molecular weight excluding hydrogens is 354 g/mol. The van der Waals surface area contributed by atoms with Crippen molar-refractivity contribution < 1.29 is 13.2 Å². The summed E-state index contributed by atoms with van der Waals surface area (Å²) in [6.07, 6.45) is 3.70. The third-order valence-corrected chi connectivity index (χ3v) is 6.36. The van der Waals surface area contributed by atoms with Crippen LogP contribution in [0, 0.1) is 12.8 Å². The average molecular weight is 377 g/mol. The first-order valence-corrected chi connectivity index (χ1v) is 9.85. The Morgan fingerprint density at radius 2 is 2.12 bits per heavy atom. The molecule has 0 spiro atoms. The molecule has 1 saturated heterocycles. The van der Waals surface area contributed by atoms with Crippen LogP contribution in [0.5, 0.6) is 0 Å². The van der Waals surface area contributed by atoms with Crippen LogP contribution >= 0.6 is 0 Å². The van der Waals surface area contributed by atoms with Crippen LogP contribution in [0.4, 0.5) is 5.69 Å². The molecule has 2 heterocycles. The maximum absolute atomic E-state index is 12.8. The fraction of sp³-hybridized carbons (Fsp3) is 0.412. The molecule has 9 heteroatoms. The third-order valence-electron chi connectivity index (χ3n) is 4.80. The van der Waals surface area contributed by atoms with Crippen molar-refractivity contribution in [1.82, 2.24) is 19.8 Å². The van der Waals surface area contributed by atoms with Crippen LogP contribution in [-0.2, 0) is 21.9 Å². The molecule has 2 aromatic rings. The number of sulfonamides is 1. The van der Waals surface area contributed by atoms with Crippen molar-refractivity contribution in [2.75, 3.05) is 25.5 Å². The van der Waals surface area contributed by atoms with E-state index in [1.165, 1.54) is 13.1 Å². The summed E-state index contributed by atoms with van der Waals surface area (Å²) in [5.41, 5.74) is 2.03. The zero-order chi connectivity index (χ0) is 18.9. The highest BCUT2D eigenvalue weighted by Crippen LogP contribution is 2.30. The molecule has 1 fully saturated rings. The minimum atomic E-state index is -3.58. The molecule has 26 heavy (non-hydrogen) atoms. The number of hydrogen-bond donors (Lipinski definition) is 3. The van der Waals surface area contributed by atoms with E-state index < -0.39 is 10.0 Å². The van der Waals surface area contributed by atoms with Gasteiger partial charge in [0.05, 0.1) is 17.0 Å². The largest absolute Gasteiger partial charge is 0.326 e. The van der Waals surface area contributed by atoms with E-state index >= 15 is 0 Å². The molecule has 1 amide bonds. The SMILES string of the molecule is CNS(=O)(=O)c1cccc(NC(=O)[C@H]2CNC[C@@H]2c2cnn(C)c2)c1C. The Morgan fingerprint density at radius 3 is 2.77 bits per heavy atom. The summed E-state index contributed by atoms with van der Waals surface area (Å²) in [6, 6.07) is 4.86. The number of carbonyl (C=O) groups excluding carboxylic acids is 1. The lowest BCUT2D eigenvalue weighted by Crippen LogP contribution is -2.28. The van der Waals surface area contributed by atoms with E-state index in [1.807, 2.05) is 13.2 Å². The predicted molar refractivity (Wildman–Crippen MR) is 98.4 cm³/mol. The molecule has 0 radical (unpaired) electrons. The summed E-state index contributed by atoms with van der Waals surface area (Å²) in [7, 11) is -0.373. The Morgan fingerprint density at radius 1 is 1.35 bits per heavy atom. The number of aromatic nitrogens is 2. The number of rotatable bonds is 5. The van der Waals surface area contributed by atoms with Crippen molar-refractivity contribution in [1.29, 1.82) is 0 Å². The van der Waals surface area contributed by atoms with E-state index in [4.69, 9.17) is 0 Å². The van der Waals surface area contributed by atoms with Crippen molar-refractivity contribution in [2.24, 2.45) is 13.0 Å². The second kappa shape index (κ2) is 7.18. The molecular formula is C17H23N5O3S. The smallest absolute Gasteiger partial charge is 0.240 e. The fourth-order valence-corrected chi connectivity index (χ4v) is 4.30. The quantitative estimate of drug-likeness (QED) is 0.707. The topological polar surface area (TPSA) is 105 Å². The average Bonchev–Trinajstić information content (AvgIpc) is 3.25. The first-order valence-electron chi connectivity index (χ1n) is 8.36. The van der Waals surface area contributed by atoms with Crippen LogP contribution < -0.4 is 15.4 Å². The number of aryl methyl sites for hydroxylation is 1. The van der Waals surface area contributed by atoms with E-state index in [0.29, 0.717) is 24.3 Å². The number of carbonyl (C=O) groups is 1. The van der Waals surface area contributed by atoms with Crippen LogP contribution in [0.15, 0.2) is 35.5 Å². The molecule has 0 bridgehead atoms. The molecule has 0 unspecified atom stereocenters. The van der Waals surface area contributed by atoms with Gasteiger partial charge in [0.2, 0.25) is 15.9 Å². The van der Waals surface area contributed by atoms with Gasteiger partial charge in [0.15, 0.2) is 0 Å². The number of nitrogens with zero attached hydrogens (tertiary/aromatic N) is 2. The molecule has 1 aliphatic rings. The van der Waals surface area contributed by atoms with Gasteiger partial charge in [0.25, 0.3) is 0 Å². The highest BCUT2D eigenvalue weighted by Gasteiger charge is 2.35. The molecule has 0 aliphatic carbocycles. The number of anilines is 1. The van der Waals surface area contributed by atoms with Gasteiger partial charge in [0, 0.05) is 37.9 Å². The molecule has 8 nitrogen and oxygen atoms in total. The summed E-state index contributed by atoms with van der Waals surface area (Å²) in [6.45, 7) is 2.96. The van der Waals surface area contributed by atoms with Gasteiger partial charge >= 0.3 is 0 Å². The van der Waals surface area contributed by atoms with Crippen molar-refractivity contribution >= 4 is 21.6 Å². The molecule has 3 N–H and O–H groups in total. The maximum atomic E-state index is 12.8. The van der Waals surface area contributed by atoms with Crippen LogP contribution in [0.3, 0.4) is 0 Å². The second-order valence-electron chi connectivity index (χ2n) is 6.44. The first-order chi connectivity index (χ1) is 12.3. The van der Waals surface area contributed by atoms with Gasteiger partial charge in [-0.1, -0.05) is 6.07 Å². The van der Waals surface area contributed by atoms with Crippen molar-refractivity contribution in [3.63, 3.8) is 0 Å². The fourth-order valence-electron chi connectivity index (χ4n) is 3.31. The molecule has 1 aromatic carbocycles. The van der Waals surface area contributed by atoms with Crippen LogP contribution in [0.25, 0.3) is 0 Å². The molecule has 140 valence electrons. The minimum Gasteiger partial charge on any atom is -0.326 e. The van der Waals surface area contributed by atoms with Crippen molar-refractivity contribution in [2.45, 2.75) is 17.7 Å². The second-order valence-corrected chi connectivity index (χ2v) is 8.30. The number of nitrogens with one attached hydrogen (secondary N) is 3. The molecule has 1 aromatic heterocycles. The maximum Gasteiger partial charge on any atom is 0.240 e. The number of hydrogen-bond acceptors (Lipinski definition) is 5. The van der Waals surface area contributed by atoms with Gasteiger partial charge in [-0.2, -0.15) is 5.10 Å². The monoisotopic (exact) mass is 377 g/mol. The lowest BCUT2D eigenvalue weighted by Gasteiger charge is -2.18.